The van der Waals surface area contributed by atoms with Gasteiger partial charge in [0.1, 0.15) is 5.82 Å². The summed E-state index contributed by atoms with van der Waals surface area (Å²) >= 11 is 0. The summed E-state index contributed by atoms with van der Waals surface area (Å²) in [6.45, 7) is 6.38. The van der Waals surface area contributed by atoms with Crippen LogP contribution in [0.5, 0.6) is 0 Å². The van der Waals surface area contributed by atoms with Gasteiger partial charge in [-0.25, -0.2) is 9.97 Å². The Balaban J connectivity index is 2.07. The topological polar surface area (TPSA) is 54.9 Å². The minimum atomic E-state index is -0.131. The van der Waals surface area contributed by atoms with Crippen molar-refractivity contribution < 1.29 is 4.79 Å². The molecule has 104 valence electrons. The molecule has 1 N–H and O–H groups in total. The van der Waals surface area contributed by atoms with Crippen LogP contribution in [-0.4, -0.2) is 15.9 Å². The Morgan fingerprint density at radius 3 is 2.65 bits per heavy atom. The quantitative estimate of drug-likeness (QED) is 0.928. The number of carbonyl (C=O) groups excluding carboxylic acids is 1. The summed E-state index contributed by atoms with van der Waals surface area (Å²) in [5.41, 5.74) is 3.54. The fourth-order valence-corrected chi connectivity index (χ4v) is 1.99. The van der Waals surface area contributed by atoms with Gasteiger partial charge < -0.3 is 5.32 Å². The first-order valence-electron chi connectivity index (χ1n) is 6.77. The van der Waals surface area contributed by atoms with Gasteiger partial charge in [-0.2, -0.15) is 0 Å². The number of amides is 1. The van der Waals surface area contributed by atoms with Gasteiger partial charge >= 0.3 is 0 Å². The molecule has 0 saturated heterocycles. The monoisotopic (exact) mass is 269 g/mol. The Hall–Kier alpha value is -2.23. The van der Waals surface area contributed by atoms with Crippen LogP contribution in [0.1, 0.15) is 39.9 Å². The Morgan fingerprint density at radius 1 is 1.25 bits per heavy atom. The van der Waals surface area contributed by atoms with Crippen molar-refractivity contribution in [2.45, 2.75) is 33.7 Å². The van der Waals surface area contributed by atoms with E-state index >= 15 is 0 Å². The molecular weight excluding hydrogens is 250 g/mol. The summed E-state index contributed by atoms with van der Waals surface area (Å²) in [5, 5.41) is 2.92. The van der Waals surface area contributed by atoms with Gasteiger partial charge in [-0.3, -0.25) is 4.79 Å². The lowest BCUT2D eigenvalue weighted by molar-refractivity contribution is 0.0949. The molecule has 1 heterocycles. The predicted octanol–water partition coefficient (Wildman–Crippen LogP) is 2.59. The minimum Gasteiger partial charge on any atom is -0.348 e. The van der Waals surface area contributed by atoms with E-state index < -0.39 is 0 Å². The molecule has 4 heteroatoms. The van der Waals surface area contributed by atoms with E-state index in [1.54, 1.807) is 6.20 Å². The number of benzene rings is 1. The van der Waals surface area contributed by atoms with Gasteiger partial charge in [0.2, 0.25) is 0 Å². The maximum Gasteiger partial charge on any atom is 0.254 e. The van der Waals surface area contributed by atoms with Gasteiger partial charge in [0.05, 0.1) is 11.3 Å². The summed E-state index contributed by atoms with van der Waals surface area (Å²) in [4.78, 5) is 20.7. The molecule has 2 rings (SSSR count). The average Bonchev–Trinajstić information content (AvgIpc) is 2.46. The zero-order valence-electron chi connectivity index (χ0n) is 12.1. The molecule has 1 aromatic heterocycles. The molecule has 20 heavy (non-hydrogen) atoms. The lowest BCUT2D eigenvalue weighted by Crippen LogP contribution is -2.24. The van der Waals surface area contributed by atoms with Crippen molar-refractivity contribution in [2.24, 2.45) is 0 Å². The highest BCUT2D eigenvalue weighted by atomic mass is 16.1. The standard InChI is InChI=1S/C16H19N3O/c1-4-15-17-10-14(12(3)19-15)16(20)18-9-13-8-6-5-7-11(13)2/h5-8,10H,4,9H2,1-3H3,(H,18,20). The summed E-state index contributed by atoms with van der Waals surface area (Å²) < 4.78 is 0. The zero-order valence-corrected chi connectivity index (χ0v) is 12.1. The minimum absolute atomic E-state index is 0.131. The molecule has 4 nitrogen and oxygen atoms in total. The number of rotatable bonds is 4. The average molecular weight is 269 g/mol. The summed E-state index contributed by atoms with van der Waals surface area (Å²) in [6, 6.07) is 8.01. The smallest absolute Gasteiger partial charge is 0.254 e. The highest BCUT2D eigenvalue weighted by Crippen LogP contribution is 2.08. The Kier molecular flexibility index (Phi) is 4.45. The number of aryl methyl sites for hydroxylation is 3. The van der Waals surface area contributed by atoms with Crippen molar-refractivity contribution >= 4 is 5.91 Å². The molecule has 2 aromatic rings. The molecule has 0 unspecified atom stereocenters. The second-order valence-electron chi connectivity index (χ2n) is 4.75. The van der Waals surface area contributed by atoms with E-state index in [1.165, 1.54) is 5.56 Å². The van der Waals surface area contributed by atoms with Crippen LogP contribution in [0, 0.1) is 13.8 Å². The van der Waals surface area contributed by atoms with Crippen molar-refractivity contribution in [3.63, 3.8) is 0 Å². The first kappa shape index (κ1) is 14.2. The van der Waals surface area contributed by atoms with E-state index in [1.807, 2.05) is 45.0 Å². The number of hydrogen-bond donors (Lipinski definition) is 1. The molecule has 0 aliphatic rings. The van der Waals surface area contributed by atoms with Crippen LogP contribution in [0.2, 0.25) is 0 Å². The Morgan fingerprint density at radius 2 is 2.00 bits per heavy atom. The number of nitrogens with one attached hydrogen (secondary N) is 1. The highest BCUT2D eigenvalue weighted by Gasteiger charge is 2.11. The summed E-state index contributed by atoms with van der Waals surface area (Å²) in [7, 11) is 0. The van der Waals surface area contributed by atoms with E-state index in [4.69, 9.17) is 0 Å². The van der Waals surface area contributed by atoms with Crippen LogP contribution in [-0.2, 0) is 13.0 Å². The van der Waals surface area contributed by atoms with Gasteiger partial charge in [0.25, 0.3) is 5.91 Å². The van der Waals surface area contributed by atoms with Crippen molar-refractivity contribution in [3.8, 4) is 0 Å². The normalized spacial score (nSPS) is 10.3. The first-order chi connectivity index (χ1) is 9.61. The molecule has 0 fully saturated rings. The van der Waals surface area contributed by atoms with Crippen molar-refractivity contribution in [3.05, 3.63) is 58.7 Å². The fraction of sp³-hybridized carbons (Fsp3) is 0.312. The summed E-state index contributed by atoms with van der Waals surface area (Å²) in [6.07, 6.45) is 2.38. The lowest BCUT2D eigenvalue weighted by Gasteiger charge is -2.09. The van der Waals surface area contributed by atoms with E-state index in [9.17, 15) is 4.79 Å². The molecule has 0 atom stereocenters. The van der Waals surface area contributed by atoms with Crippen LogP contribution in [0.15, 0.2) is 30.5 Å². The van der Waals surface area contributed by atoms with E-state index in [0.29, 0.717) is 12.1 Å². The molecular formula is C16H19N3O. The Bertz CT molecular complexity index is 623. The van der Waals surface area contributed by atoms with Crippen LogP contribution in [0.25, 0.3) is 0 Å². The third-order valence-electron chi connectivity index (χ3n) is 3.29. The van der Waals surface area contributed by atoms with Crippen molar-refractivity contribution in [2.75, 3.05) is 0 Å². The molecule has 1 aromatic carbocycles. The largest absolute Gasteiger partial charge is 0.348 e. The molecule has 0 bridgehead atoms. The van der Waals surface area contributed by atoms with Gasteiger partial charge in [0.15, 0.2) is 0 Å². The van der Waals surface area contributed by atoms with E-state index in [-0.39, 0.29) is 5.91 Å². The molecule has 0 aliphatic heterocycles. The third kappa shape index (κ3) is 3.20. The zero-order chi connectivity index (χ0) is 14.5. The maximum absolute atomic E-state index is 12.2. The lowest BCUT2D eigenvalue weighted by atomic mass is 10.1. The van der Waals surface area contributed by atoms with Crippen LogP contribution in [0.4, 0.5) is 0 Å². The van der Waals surface area contributed by atoms with Crippen LogP contribution < -0.4 is 5.32 Å². The number of aromatic nitrogens is 2. The number of hydrogen-bond acceptors (Lipinski definition) is 3. The predicted molar refractivity (Wildman–Crippen MR) is 78.5 cm³/mol. The van der Waals surface area contributed by atoms with E-state index in [2.05, 4.69) is 15.3 Å². The molecule has 0 spiro atoms. The SMILES string of the molecule is CCc1ncc(C(=O)NCc2ccccc2C)c(C)n1. The second kappa shape index (κ2) is 6.28. The highest BCUT2D eigenvalue weighted by molar-refractivity contribution is 5.94. The van der Waals surface area contributed by atoms with Crippen molar-refractivity contribution in [1.29, 1.82) is 0 Å². The fourth-order valence-electron chi connectivity index (χ4n) is 1.99. The van der Waals surface area contributed by atoms with Gasteiger partial charge in [-0.15, -0.1) is 0 Å². The maximum atomic E-state index is 12.2. The molecule has 0 aliphatic carbocycles. The van der Waals surface area contributed by atoms with Gasteiger partial charge in [-0.1, -0.05) is 31.2 Å². The molecule has 0 radical (unpaired) electrons. The summed E-state index contributed by atoms with van der Waals surface area (Å²) in [5.74, 6) is 0.631. The van der Waals surface area contributed by atoms with Gasteiger partial charge in [0, 0.05) is 19.2 Å². The van der Waals surface area contributed by atoms with Crippen molar-refractivity contribution in [1.82, 2.24) is 15.3 Å². The third-order valence-corrected chi connectivity index (χ3v) is 3.29. The van der Waals surface area contributed by atoms with Gasteiger partial charge in [-0.05, 0) is 25.0 Å². The van der Waals surface area contributed by atoms with Crippen LogP contribution >= 0.6 is 0 Å². The Labute approximate surface area is 119 Å². The number of carbonyl (C=O) groups is 1. The second-order valence-corrected chi connectivity index (χ2v) is 4.75. The van der Waals surface area contributed by atoms with Crippen LogP contribution in [0.3, 0.4) is 0 Å². The molecule has 1 amide bonds. The first-order valence-corrected chi connectivity index (χ1v) is 6.77. The number of nitrogens with zero attached hydrogens (tertiary/aromatic N) is 2. The van der Waals surface area contributed by atoms with E-state index in [0.717, 1.165) is 23.5 Å². The molecule has 0 saturated carbocycles.